The molecule has 3 aromatic rings. The number of rotatable bonds is 4. The SMILES string of the molecule is CCc1ccc(NC(=O)c2ccc3c(c2)-c2ccccc2S(=O)(=O)N3CC)cc1. The first kappa shape index (κ1) is 19.2. The van der Waals surface area contributed by atoms with E-state index in [4.69, 9.17) is 0 Å². The average Bonchev–Trinajstić information content (AvgIpc) is 2.74. The van der Waals surface area contributed by atoms with Gasteiger partial charge in [0.15, 0.2) is 0 Å². The minimum Gasteiger partial charge on any atom is -0.322 e. The van der Waals surface area contributed by atoms with Gasteiger partial charge >= 0.3 is 0 Å². The van der Waals surface area contributed by atoms with Crippen molar-refractivity contribution in [3.8, 4) is 11.1 Å². The van der Waals surface area contributed by atoms with Gasteiger partial charge in [-0.3, -0.25) is 9.10 Å². The third-order valence-electron chi connectivity index (χ3n) is 5.18. The highest BCUT2D eigenvalue weighted by atomic mass is 32.2. The van der Waals surface area contributed by atoms with Crippen LogP contribution in [0.15, 0.2) is 71.6 Å². The van der Waals surface area contributed by atoms with Crippen LogP contribution in [0.25, 0.3) is 11.1 Å². The van der Waals surface area contributed by atoms with Crippen molar-refractivity contribution >= 4 is 27.3 Å². The number of amides is 1. The molecule has 0 bridgehead atoms. The summed E-state index contributed by atoms with van der Waals surface area (Å²) in [5.74, 6) is -0.231. The summed E-state index contributed by atoms with van der Waals surface area (Å²) in [6, 6.07) is 19.8. The highest BCUT2D eigenvalue weighted by Crippen LogP contribution is 2.43. The Morgan fingerprint density at radius 3 is 2.34 bits per heavy atom. The Labute approximate surface area is 171 Å². The van der Waals surface area contributed by atoms with Crippen molar-refractivity contribution < 1.29 is 13.2 Å². The Morgan fingerprint density at radius 2 is 1.66 bits per heavy atom. The topological polar surface area (TPSA) is 66.5 Å². The lowest BCUT2D eigenvalue weighted by molar-refractivity contribution is 0.102. The van der Waals surface area contributed by atoms with Crippen LogP contribution in [0.4, 0.5) is 11.4 Å². The molecule has 1 amide bonds. The van der Waals surface area contributed by atoms with Crippen LogP contribution in [0.2, 0.25) is 0 Å². The van der Waals surface area contributed by atoms with Gasteiger partial charge in [-0.15, -0.1) is 0 Å². The first-order valence-electron chi connectivity index (χ1n) is 9.62. The first-order chi connectivity index (χ1) is 14.0. The fourth-order valence-electron chi connectivity index (χ4n) is 3.64. The van der Waals surface area contributed by atoms with E-state index >= 15 is 0 Å². The molecule has 1 aliphatic heterocycles. The summed E-state index contributed by atoms with van der Waals surface area (Å²) in [6.45, 7) is 4.20. The maximum Gasteiger partial charge on any atom is 0.264 e. The Morgan fingerprint density at radius 1 is 0.931 bits per heavy atom. The molecular formula is C23H22N2O3S. The Kier molecular flexibility index (Phi) is 4.88. The molecular weight excluding hydrogens is 384 g/mol. The molecule has 0 aromatic heterocycles. The molecule has 0 fully saturated rings. The molecule has 1 aliphatic rings. The Balaban J connectivity index is 1.74. The van der Waals surface area contributed by atoms with Gasteiger partial charge in [0, 0.05) is 28.9 Å². The lowest BCUT2D eigenvalue weighted by Crippen LogP contribution is -2.34. The van der Waals surface area contributed by atoms with E-state index in [1.165, 1.54) is 9.87 Å². The second kappa shape index (κ2) is 7.37. The van der Waals surface area contributed by atoms with Crippen molar-refractivity contribution in [1.82, 2.24) is 0 Å². The number of carbonyl (C=O) groups is 1. The summed E-state index contributed by atoms with van der Waals surface area (Å²) < 4.78 is 27.3. The Bertz CT molecular complexity index is 1180. The van der Waals surface area contributed by atoms with E-state index in [2.05, 4.69) is 12.2 Å². The molecule has 5 nitrogen and oxygen atoms in total. The molecule has 0 saturated carbocycles. The number of benzene rings is 3. The highest BCUT2D eigenvalue weighted by molar-refractivity contribution is 7.93. The maximum atomic E-state index is 13.0. The van der Waals surface area contributed by atoms with E-state index in [1.807, 2.05) is 30.3 Å². The summed E-state index contributed by atoms with van der Waals surface area (Å²) in [5.41, 5.74) is 4.36. The second-order valence-electron chi connectivity index (χ2n) is 6.90. The minimum atomic E-state index is -3.60. The lowest BCUT2D eigenvalue weighted by Gasteiger charge is -2.31. The van der Waals surface area contributed by atoms with Crippen molar-refractivity contribution in [3.63, 3.8) is 0 Å². The number of fused-ring (bicyclic) bond motifs is 3. The number of hydrogen-bond donors (Lipinski definition) is 1. The van der Waals surface area contributed by atoms with E-state index in [1.54, 1.807) is 43.3 Å². The van der Waals surface area contributed by atoms with Crippen LogP contribution in [-0.2, 0) is 16.4 Å². The largest absolute Gasteiger partial charge is 0.322 e. The molecule has 4 rings (SSSR count). The third kappa shape index (κ3) is 3.29. The van der Waals surface area contributed by atoms with E-state index in [-0.39, 0.29) is 10.8 Å². The van der Waals surface area contributed by atoms with Crippen LogP contribution < -0.4 is 9.62 Å². The molecule has 0 aliphatic carbocycles. The van der Waals surface area contributed by atoms with Gasteiger partial charge in [0.05, 0.1) is 10.6 Å². The van der Waals surface area contributed by atoms with Crippen molar-refractivity contribution in [1.29, 1.82) is 0 Å². The summed E-state index contributed by atoms with van der Waals surface area (Å²) in [7, 11) is -3.60. The number of anilines is 2. The van der Waals surface area contributed by atoms with Crippen LogP contribution in [0.3, 0.4) is 0 Å². The van der Waals surface area contributed by atoms with Crippen LogP contribution in [0.5, 0.6) is 0 Å². The normalized spacial score (nSPS) is 14.1. The number of aryl methyl sites for hydroxylation is 1. The predicted octanol–water partition coefficient (Wildman–Crippen LogP) is 4.70. The summed E-state index contributed by atoms with van der Waals surface area (Å²) >= 11 is 0. The van der Waals surface area contributed by atoms with Gasteiger partial charge in [-0.2, -0.15) is 0 Å². The first-order valence-corrected chi connectivity index (χ1v) is 11.1. The molecule has 148 valence electrons. The number of sulfonamides is 1. The van der Waals surface area contributed by atoms with Gasteiger partial charge in [0.2, 0.25) is 0 Å². The second-order valence-corrected chi connectivity index (χ2v) is 8.73. The summed E-state index contributed by atoms with van der Waals surface area (Å²) in [4.78, 5) is 13.1. The molecule has 0 spiro atoms. The summed E-state index contributed by atoms with van der Waals surface area (Å²) in [5, 5.41) is 2.91. The van der Waals surface area contributed by atoms with E-state index in [0.29, 0.717) is 23.4 Å². The lowest BCUT2D eigenvalue weighted by atomic mass is 10.00. The smallest absolute Gasteiger partial charge is 0.264 e. The molecule has 6 heteroatoms. The van der Waals surface area contributed by atoms with Gasteiger partial charge < -0.3 is 5.32 Å². The van der Waals surface area contributed by atoms with Crippen molar-refractivity contribution in [2.24, 2.45) is 0 Å². The van der Waals surface area contributed by atoms with Crippen LogP contribution in [0, 0.1) is 0 Å². The van der Waals surface area contributed by atoms with E-state index in [0.717, 1.165) is 17.7 Å². The molecule has 0 unspecified atom stereocenters. The van der Waals surface area contributed by atoms with Gasteiger partial charge in [0.25, 0.3) is 15.9 Å². The molecule has 0 saturated heterocycles. The van der Waals surface area contributed by atoms with Gasteiger partial charge in [-0.25, -0.2) is 8.42 Å². The monoisotopic (exact) mass is 406 g/mol. The molecule has 1 N–H and O–H groups in total. The van der Waals surface area contributed by atoms with E-state index < -0.39 is 10.0 Å². The van der Waals surface area contributed by atoms with Crippen LogP contribution in [-0.4, -0.2) is 20.9 Å². The van der Waals surface area contributed by atoms with Crippen LogP contribution >= 0.6 is 0 Å². The Hall–Kier alpha value is -3.12. The highest BCUT2D eigenvalue weighted by Gasteiger charge is 2.34. The molecule has 3 aromatic carbocycles. The third-order valence-corrected chi connectivity index (χ3v) is 7.13. The molecule has 0 radical (unpaired) electrons. The number of nitrogens with zero attached hydrogens (tertiary/aromatic N) is 1. The van der Waals surface area contributed by atoms with Gasteiger partial charge in [-0.1, -0.05) is 37.3 Å². The zero-order valence-corrected chi connectivity index (χ0v) is 17.2. The molecule has 0 atom stereocenters. The van der Waals surface area contributed by atoms with Crippen molar-refractivity contribution in [2.45, 2.75) is 25.2 Å². The standard InChI is InChI=1S/C23H22N2O3S/c1-3-16-9-12-18(13-10-16)24-23(26)17-11-14-21-20(15-17)19-7-5-6-8-22(19)29(27,28)25(21)4-2/h5-15H,3-4H2,1-2H3,(H,24,26). The van der Waals surface area contributed by atoms with Gasteiger partial charge in [0.1, 0.15) is 0 Å². The van der Waals surface area contributed by atoms with Crippen molar-refractivity contribution in [2.75, 3.05) is 16.2 Å². The molecule has 1 heterocycles. The van der Waals surface area contributed by atoms with Gasteiger partial charge in [-0.05, 0) is 55.3 Å². The number of carbonyl (C=O) groups excluding carboxylic acids is 1. The quantitative estimate of drug-likeness (QED) is 0.683. The maximum absolute atomic E-state index is 13.0. The fourth-order valence-corrected chi connectivity index (χ4v) is 5.34. The van der Waals surface area contributed by atoms with E-state index in [9.17, 15) is 13.2 Å². The average molecular weight is 407 g/mol. The van der Waals surface area contributed by atoms with Crippen molar-refractivity contribution in [3.05, 3.63) is 77.9 Å². The number of nitrogens with one attached hydrogen (secondary N) is 1. The van der Waals surface area contributed by atoms with Crippen LogP contribution in [0.1, 0.15) is 29.8 Å². The number of hydrogen-bond acceptors (Lipinski definition) is 3. The molecule has 29 heavy (non-hydrogen) atoms. The minimum absolute atomic E-state index is 0.231. The predicted molar refractivity (Wildman–Crippen MR) is 116 cm³/mol. The summed E-state index contributed by atoms with van der Waals surface area (Å²) in [6.07, 6.45) is 0.940. The zero-order chi connectivity index (χ0) is 20.6. The fraction of sp³-hybridized carbons (Fsp3) is 0.174. The zero-order valence-electron chi connectivity index (χ0n) is 16.3.